The van der Waals surface area contributed by atoms with Crippen LogP contribution >= 0.6 is 11.6 Å². The monoisotopic (exact) mass is 269 g/mol. The Bertz CT molecular complexity index is 409. The molecule has 0 saturated carbocycles. The molecule has 4 nitrogen and oxygen atoms in total. The molecule has 1 heterocycles. The second kappa shape index (κ2) is 7.21. The van der Waals surface area contributed by atoms with Crippen molar-refractivity contribution in [2.45, 2.75) is 39.2 Å². The molecule has 0 aliphatic heterocycles. The van der Waals surface area contributed by atoms with Crippen molar-refractivity contribution in [1.82, 2.24) is 10.3 Å². The summed E-state index contributed by atoms with van der Waals surface area (Å²) < 4.78 is 0. The number of halogens is 1. The van der Waals surface area contributed by atoms with Crippen LogP contribution in [0.4, 0.5) is 5.82 Å². The largest absolute Gasteiger partial charge is 0.373 e. The molecule has 0 aliphatic carbocycles. The molecule has 0 saturated heterocycles. The molecule has 18 heavy (non-hydrogen) atoms. The molecule has 1 amide bonds. The molecule has 1 rings (SSSR count). The number of hydrogen-bond donors (Lipinski definition) is 2. The quantitative estimate of drug-likeness (QED) is 0.834. The zero-order valence-electron chi connectivity index (χ0n) is 11.1. The van der Waals surface area contributed by atoms with Crippen LogP contribution in [0.2, 0.25) is 5.02 Å². The van der Waals surface area contributed by atoms with Crippen LogP contribution in [0.15, 0.2) is 12.3 Å². The van der Waals surface area contributed by atoms with Gasteiger partial charge in [-0.3, -0.25) is 4.79 Å². The van der Waals surface area contributed by atoms with E-state index in [1.54, 1.807) is 13.1 Å². The standard InChI is InChI=1S/C13H20ClN3O/c1-4-5-6-9(2)17-13(18)10-7-12(15-3)16-8-11(10)14/h7-9H,4-6H2,1-3H3,(H,15,16)(H,17,18). The van der Waals surface area contributed by atoms with E-state index in [1.165, 1.54) is 6.20 Å². The Morgan fingerprint density at radius 1 is 1.56 bits per heavy atom. The normalized spacial score (nSPS) is 12.0. The molecule has 0 bridgehead atoms. The van der Waals surface area contributed by atoms with Crippen LogP contribution in [0.5, 0.6) is 0 Å². The van der Waals surface area contributed by atoms with Gasteiger partial charge in [0.1, 0.15) is 5.82 Å². The van der Waals surface area contributed by atoms with Gasteiger partial charge in [0.15, 0.2) is 0 Å². The van der Waals surface area contributed by atoms with Gasteiger partial charge in [-0.05, 0) is 19.4 Å². The van der Waals surface area contributed by atoms with Crippen molar-refractivity contribution in [3.63, 3.8) is 0 Å². The summed E-state index contributed by atoms with van der Waals surface area (Å²) in [5, 5.41) is 6.20. The van der Waals surface area contributed by atoms with Crippen LogP contribution in [0.1, 0.15) is 43.5 Å². The third-order valence-electron chi connectivity index (χ3n) is 2.72. The Morgan fingerprint density at radius 2 is 2.28 bits per heavy atom. The van der Waals surface area contributed by atoms with Gasteiger partial charge in [-0.2, -0.15) is 0 Å². The van der Waals surface area contributed by atoms with E-state index in [2.05, 4.69) is 22.5 Å². The van der Waals surface area contributed by atoms with E-state index in [4.69, 9.17) is 11.6 Å². The van der Waals surface area contributed by atoms with E-state index in [1.807, 2.05) is 6.92 Å². The molecule has 1 aromatic heterocycles. The first kappa shape index (κ1) is 14.8. The molecule has 2 N–H and O–H groups in total. The second-order valence-corrected chi connectivity index (χ2v) is 4.72. The van der Waals surface area contributed by atoms with Crippen LogP contribution in [0.25, 0.3) is 0 Å². The minimum absolute atomic E-state index is 0.150. The van der Waals surface area contributed by atoms with Gasteiger partial charge in [-0.25, -0.2) is 4.98 Å². The van der Waals surface area contributed by atoms with Crippen LogP contribution in [-0.4, -0.2) is 24.0 Å². The highest BCUT2D eigenvalue weighted by molar-refractivity contribution is 6.33. The van der Waals surface area contributed by atoms with E-state index >= 15 is 0 Å². The number of unbranched alkanes of at least 4 members (excludes halogenated alkanes) is 1. The highest BCUT2D eigenvalue weighted by atomic mass is 35.5. The molecule has 1 aromatic rings. The van der Waals surface area contributed by atoms with Crippen molar-refractivity contribution in [3.05, 3.63) is 22.8 Å². The van der Waals surface area contributed by atoms with Crippen molar-refractivity contribution >= 4 is 23.3 Å². The highest BCUT2D eigenvalue weighted by Gasteiger charge is 2.14. The average Bonchev–Trinajstić information content (AvgIpc) is 2.36. The minimum atomic E-state index is -0.150. The van der Waals surface area contributed by atoms with Gasteiger partial charge in [-0.15, -0.1) is 0 Å². The molecular weight excluding hydrogens is 250 g/mol. The minimum Gasteiger partial charge on any atom is -0.373 e. The lowest BCUT2D eigenvalue weighted by molar-refractivity contribution is 0.0938. The molecule has 5 heteroatoms. The molecule has 1 unspecified atom stereocenters. The number of anilines is 1. The fraction of sp³-hybridized carbons (Fsp3) is 0.538. The third-order valence-corrected chi connectivity index (χ3v) is 3.03. The topological polar surface area (TPSA) is 54.0 Å². The molecule has 0 aromatic carbocycles. The fourth-order valence-electron chi connectivity index (χ4n) is 1.63. The first-order chi connectivity index (χ1) is 8.58. The summed E-state index contributed by atoms with van der Waals surface area (Å²) in [4.78, 5) is 16.1. The highest BCUT2D eigenvalue weighted by Crippen LogP contribution is 2.18. The van der Waals surface area contributed by atoms with Crippen molar-refractivity contribution in [2.75, 3.05) is 12.4 Å². The summed E-state index contributed by atoms with van der Waals surface area (Å²) in [5.74, 6) is 0.480. The number of amides is 1. The van der Waals surface area contributed by atoms with Crippen molar-refractivity contribution in [1.29, 1.82) is 0 Å². The van der Waals surface area contributed by atoms with Gasteiger partial charge in [0.25, 0.3) is 5.91 Å². The zero-order valence-corrected chi connectivity index (χ0v) is 11.8. The van der Waals surface area contributed by atoms with E-state index < -0.39 is 0 Å². The van der Waals surface area contributed by atoms with Gasteiger partial charge in [0.2, 0.25) is 0 Å². The molecule has 0 spiro atoms. The fourth-order valence-corrected chi connectivity index (χ4v) is 1.82. The van der Waals surface area contributed by atoms with Gasteiger partial charge < -0.3 is 10.6 Å². The maximum absolute atomic E-state index is 12.1. The van der Waals surface area contributed by atoms with Crippen LogP contribution < -0.4 is 10.6 Å². The maximum Gasteiger partial charge on any atom is 0.253 e. The molecule has 0 fully saturated rings. The number of hydrogen-bond acceptors (Lipinski definition) is 3. The lowest BCUT2D eigenvalue weighted by Crippen LogP contribution is -2.32. The number of nitrogens with one attached hydrogen (secondary N) is 2. The van der Waals surface area contributed by atoms with E-state index in [9.17, 15) is 4.79 Å². The molecule has 0 aliphatic rings. The maximum atomic E-state index is 12.1. The zero-order chi connectivity index (χ0) is 13.5. The summed E-state index contributed by atoms with van der Waals surface area (Å²) in [6, 6.07) is 1.81. The number of pyridine rings is 1. The average molecular weight is 270 g/mol. The summed E-state index contributed by atoms with van der Waals surface area (Å²) in [6.45, 7) is 4.13. The van der Waals surface area contributed by atoms with Crippen molar-refractivity contribution in [2.24, 2.45) is 0 Å². The van der Waals surface area contributed by atoms with Crippen LogP contribution in [0, 0.1) is 0 Å². The summed E-state index contributed by atoms with van der Waals surface area (Å²) in [6.07, 6.45) is 4.69. The Labute approximate surface area is 113 Å². The number of aromatic nitrogens is 1. The SMILES string of the molecule is CCCCC(C)NC(=O)c1cc(NC)ncc1Cl. The van der Waals surface area contributed by atoms with Gasteiger partial charge in [0.05, 0.1) is 10.6 Å². The van der Waals surface area contributed by atoms with E-state index in [-0.39, 0.29) is 11.9 Å². The van der Waals surface area contributed by atoms with E-state index in [0.29, 0.717) is 16.4 Å². The first-order valence-electron chi connectivity index (χ1n) is 6.22. The van der Waals surface area contributed by atoms with E-state index in [0.717, 1.165) is 19.3 Å². The van der Waals surface area contributed by atoms with Crippen molar-refractivity contribution < 1.29 is 4.79 Å². The Morgan fingerprint density at radius 3 is 2.89 bits per heavy atom. The van der Waals surface area contributed by atoms with Gasteiger partial charge >= 0.3 is 0 Å². The van der Waals surface area contributed by atoms with Crippen molar-refractivity contribution in [3.8, 4) is 0 Å². The van der Waals surface area contributed by atoms with Gasteiger partial charge in [0, 0.05) is 19.3 Å². The predicted molar refractivity (Wildman–Crippen MR) is 75.2 cm³/mol. The number of carbonyl (C=O) groups excluding carboxylic acids is 1. The smallest absolute Gasteiger partial charge is 0.253 e. The summed E-state index contributed by atoms with van der Waals surface area (Å²) in [7, 11) is 1.75. The molecular formula is C13H20ClN3O. The lowest BCUT2D eigenvalue weighted by atomic mass is 10.1. The van der Waals surface area contributed by atoms with Gasteiger partial charge in [-0.1, -0.05) is 31.4 Å². The number of carbonyl (C=O) groups is 1. The Kier molecular flexibility index (Phi) is 5.92. The Hall–Kier alpha value is -1.29. The molecule has 1 atom stereocenters. The number of rotatable bonds is 6. The summed E-state index contributed by atoms with van der Waals surface area (Å²) >= 11 is 5.98. The Balaban J connectivity index is 2.71. The third kappa shape index (κ3) is 4.18. The number of nitrogens with zero attached hydrogens (tertiary/aromatic N) is 1. The molecule has 100 valence electrons. The lowest BCUT2D eigenvalue weighted by Gasteiger charge is -2.14. The first-order valence-corrected chi connectivity index (χ1v) is 6.60. The predicted octanol–water partition coefficient (Wildman–Crippen LogP) is 3.09. The summed E-state index contributed by atoms with van der Waals surface area (Å²) in [5.41, 5.74) is 0.458. The molecule has 0 radical (unpaired) electrons. The van der Waals surface area contributed by atoms with Crippen LogP contribution in [-0.2, 0) is 0 Å². The second-order valence-electron chi connectivity index (χ2n) is 4.32. The van der Waals surface area contributed by atoms with Crippen LogP contribution in [0.3, 0.4) is 0 Å².